The number of rotatable bonds is 6. The second-order valence-electron chi connectivity index (χ2n) is 5.34. The van der Waals surface area contributed by atoms with Crippen LogP contribution in [0.1, 0.15) is 18.2 Å². The SMILES string of the molecule is CC(Cc1ccc(OC(F)(F)F)cc1)C(=O)NCc1cnn(C)n1. The van der Waals surface area contributed by atoms with Crippen LogP contribution in [0.5, 0.6) is 5.75 Å². The fourth-order valence-electron chi connectivity index (χ4n) is 2.09. The number of aryl methyl sites for hydroxylation is 1. The maximum absolute atomic E-state index is 12.1. The van der Waals surface area contributed by atoms with Gasteiger partial charge in [-0.1, -0.05) is 19.1 Å². The fourth-order valence-corrected chi connectivity index (χ4v) is 2.09. The van der Waals surface area contributed by atoms with Gasteiger partial charge in [0.25, 0.3) is 0 Å². The second-order valence-corrected chi connectivity index (χ2v) is 5.34. The molecule has 6 nitrogen and oxygen atoms in total. The van der Waals surface area contributed by atoms with Crippen molar-refractivity contribution in [3.8, 4) is 5.75 Å². The zero-order chi connectivity index (χ0) is 17.7. The fraction of sp³-hybridized carbons (Fsp3) is 0.400. The van der Waals surface area contributed by atoms with E-state index in [2.05, 4.69) is 20.3 Å². The molecule has 0 radical (unpaired) electrons. The first kappa shape index (κ1) is 17.8. The Hall–Kier alpha value is -2.58. The lowest BCUT2D eigenvalue weighted by Gasteiger charge is -2.13. The molecule has 0 saturated carbocycles. The van der Waals surface area contributed by atoms with Gasteiger partial charge in [0.05, 0.1) is 12.7 Å². The largest absolute Gasteiger partial charge is 0.573 e. The van der Waals surface area contributed by atoms with Gasteiger partial charge in [0.2, 0.25) is 5.91 Å². The Morgan fingerprint density at radius 1 is 1.33 bits per heavy atom. The Morgan fingerprint density at radius 3 is 2.54 bits per heavy atom. The first-order chi connectivity index (χ1) is 11.2. The first-order valence-electron chi connectivity index (χ1n) is 7.20. The molecule has 1 aromatic carbocycles. The summed E-state index contributed by atoms with van der Waals surface area (Å²) < 4.78 is 40.1. The van der Waals surface area contributed by atoms with E-state index in [9.17, 15) is 18.0 Å². The van der Waals surface area contributed by atoms with E-state index in [1.54, 1.807) is 20.2 Å². The third-order valence-electron chi connectivity index (χ3n) is 3.24. The highest BCUT2D eigenvalue weighted by atomic mass is 19.4. The number of hydrogen-bond acceptors (Lipinski definition) is 4. The molecule has 24 heavy (non-hydrogen) atoms. The summed E-state index contributed by atoms with van der Waals surface area (Å²) in [4.78, 5) is 13.4. The highest BCUT2D eigenvalue weighted by Gasteiger charge is 2.31. The molecule has 0 spiro atoms. The minimum absolute atomic E-state index is 0.170. The summed E-state index contributed by atoms with van der Waals surface area (Å²) in [6, 6.07) is 5.47. The van der Waals surface area contributed by atoms with Crippen molar-refractivity contribution in [3.63, 3.8) is 0 Å². The van der Waals surface area contributed by atoms with E-state index in [0.717, 1.165) is 5.56 Å². The van der Waals surface area contributed by atoms with E-state index in [0.29, 0.717) is 12.1 Å². The number of hydrogen-bond donors (Lipinski definition) is 1. The van der Waals surface area contributed by atoms with Crippen LogP contribution in [-0.2, 0) is 24.8 Å². The molecule has 0 saturated heterocycles. The molecule has 2 rings (SSSR count). The van der Waals surface area contributed by atoms with Gasteiger partial charge in [0.15, 0.2) is 0 Å². The number of ether oxygens (including phenoxy) is 1. The molecule has 130 valence electrons. The molecule has 1 unspecified atom stereocenters. The molecule has 1 aromatic heterocycles. The van der Waals surface area contributed by atoms with Gasteiger partial charge >= 0.3 is 6.36 Å². The molecule has 0 aliphatic carbocycles. The maximum atomic E-state index is 12.1. The number of carbonyl (C=O) groups excluding carboxylic acids is 1. The minimum atomic E-state index is -4.71. The third-order valence-corrected chi connectivity index (χ3v) is 3.24. The van der Waals surface area contributed by atoms with E-state index >= 15 is 0 Å². The second kappa shape index (κ2) is 7.33. The molecule has 1 amide bonds. The lowest BCUT2D eigenvalue weighted by Crippen LogP contribution is -2.30. The molecule has 2 aromatic rings. The van der Waals surface area contributed by atoms with E-state index in [1.807, 2.05) is 0 Å². The van der Waals surface area contributed by atoms with Crippen LogP contribution < -0.4 is 10.1 Å². The van der Waals surface area contributed by atoms with Gasteiger partial charge in [-0.25, -0.2) is 0 Å². The van der Waals surface area contributed by atoms with Gasteiger partial charge in [-0.05, 0) is 24.1 Å². The van der Waals surface area contributed by atoms with Crippen LogP contribution in [0.15, 0.2) is 30.5 Å². The van der Waals surface area contributed by atoms with Crippen molar-refractivity contribution in [1.29, 1.82) is 0 Å². The summed E-state index contributed by atoms with van der Waals surface area (Å²) in [5.41, 5.74) is 1.39. The van der Waals surface area contributed by atoms with E-state index in [4.69, 9.17) is 0 Å². The molecule has 0 aliphatic heterocycles. The zero-order valence-corrected chi connectivity index (χ0v) is 13.2. The van der Waals surface area contributed by atoms with Gasteiger partial charge < -0.3 is 10.1 Å². The number of amides is 1. The molecule has 0 aliphatic rings. The van der Waals surface area contributed by atoms with Crippen LogP contribution in [0.2, 0.25) is 0 Å². The number of halogens is 3. The first-order valence-corrected chi connectivity index (χ1v) is 7.20. The number of nitrogens with one attached hydrogen (secondary N) is 1. The van der Waals surface area contributed by atoms with Crippen molar-refractivity contribution in [2.45, 2.75) is 26.3 Å². The van der Waals surface area contributed by atoms with Gasteiger partial charge in [0, 0.05) is 13.0 Å². The molecule has 1 N–H and O–H groups in total. The topological polar surface area (TPSA) is 69.0 Å². The van der Waals surface area contributed by atoms with Crippen molar-refractivity contribution in [2.24, 2.45) is 13.0 Å². The van der Waals surface area contributed by atoms with E-state index in [1.165, 1.54) is 29.1 Å². The molecule has 0 fully saturated rings. The Morgan fingerprint density at radius 2 is 2.00 bits per heavy atom. The average Bonchev–Trinajstić information content (AvgIpc) is 2.91. The summed E-state index contributed by atoms with van der Waals surface area (Å²) in [7, 11) is 1.68. The maximum Gasteiger partial charge on any atom is 0.573 e. The minimum Gasteiger partial charge on any atom is -0.406 e. The lowest BCUT2D eigenvalue weighted by molar-refractivity contribution is -0.274. The number of carbonyl (C=O) groups is 1. The van der Waals surface area contributed by atoms with Gasteiger partial charge in [-0.2, -0.15) is 15.0 Å². The normalized spacial score (nSPS) is 12.7. The number of nitrogens with zero attached hydrogens (tertiary/aromatic N) is 3. The Labute approximate surface area is 136 Å². The van der Waals surface area contributed by atoms with Gasteiger partial charge in [0.1, 0.15) is 11.4 Å². The monoisotopic (exact) mass is 342 g/mol. The molecular weight excluding hydrogens is 325 g/mol. The van der Waals surface area contributed by atoms with Crippen molar-refractivity contribution in [3.05, 3.63) is 41.7 Å². The van der Waals surface area contributed by atoms with Gasteiger partial charge in [-0.15, -0.1) is 13.2 Å². The van der Waals surface area contributed by atoms with Crippen LogP contribution >= 0.6 is 0 Å². The quantitative estimate of drug-likeness (QED) is 0.874. The third kappa shape index (κ3) is 5.56. The summed E-state index contributed by atoms with van der Waals surface area (Å²) in [6.07, 6.45) is -2.75. The number of aromatic nitrogens is 3. The van der Waals surface area contributed by atoms with Crippen molar-refractivity contribution >= 4 is 5.91 Å². The molecule has 9 heteroatoms. The molecule has 1 atom stereocenters. The van der Waals surface area contributed by atoms with Crippen molar-refractivity contribution in [1.82, 2.24) is 20.3 Å². The summed E-state index contributed by atoms with van der Waals surface area (Å²) in [6.45, 7) is 2.02. The van der Waals surface area contributed by atoms with Crippen LogP contribution in [0.4, 0.5) is 13.2 Å². The molecule has 0 bridgehead atoms. The van der Waals surface area contributed by atoms with E-state index in [-0.39, 0.29) is 24.1 Å². The Bertz CT molecular complexity index is 683. The lowest BCUT2D eigenvalue weighted by atomic mass is 10.0. The Kier molecular flexibility index (Phi) is 5.42. The highest BCUT2D eigenvalue weighted by Crippen LogP contribution is 2.23. The van der Waals surface area contributed by atoms with Crippen LogP contribution in [0.3, 0.4) is 0 Å². The summed E-state index contributed by atoms with van der Waals surface area (Å²) >= 11 is 0. The van der Waals surface area contributed by atoms with Crippen molar-refractivity contribution < 1.29 is 22.7 Å². The van der Waals surface area contributed by atoms with Crippen LogP contribution in [0, 0.1) is 5.92 Å². The van der Waals surface area contributed by atoms with Crippen LogP contribution in [-0.4, -0.2) is 27.3 Å². The molecule has 1 heterocycles. The van der Waals surface area contributed by atoms with Crippen molar-refractivity contribution in [2.75, 3.05) is 0 Å². The average molecular weight is 342 g/mol. The van der Waals surface area contributed by atoms with Crippen LogP contribution in [0.25, 0.3) is 0 Å². The molecular formula is C15H17F3N4O2. The number of alkyl halides is 3. The Balaban J connectivity index is 1.84. The summed E-state index contributed by atoms with van der Waals surface area (Å²) in [5.74, 6) is -0.793. The smallest absolute Gasteiger partial charge is 0.406 e. The standard InChI is InChI=1S/C15H17F3N4O2/c1-10(14(23)19-8-12-9-20-22(2)21-12)7-11-3-5-13(6-4-11)24-15(16,17)18/h3-6,9-10H,7-8H2,1-2H3,(H,19,23). The number of benzene rings is 1. The predicted octanol–water partition coefficient (Wildman–Crippen LogP) is 2.21. The zero-order valence-electron chi connectivity index (χ0n) is 13.2. The summed E-state index contributed by atoms with van der Waals surface area (Å²) in [5, 5.41) is 10.7. The highest BCUT2D eigenvalue weighted by molar-refractivity contribution is 5.78. The van der Waals surface area contributed by atoms with E-state index < -0.39 is 6.36 Å². The van der Waals surface area contributed by atoms with Gasteiger partial charge in [-0.3, -0.25) is 4.79 Å². The predicted molar refractivity (Wildman–Crippen MR) is 78.8 cm³/mol.